The monoisotopic (exact) mass is 419 g/mol. The molecule has 5 nitrogen and oxygen atoms in total. The van der Waals surface area contributed by atoms with E-state index in [2.05, 4.69) is 0 Å². The number of carbonyl (C=O) groups excluding carboxylic acids is 1. The fraction of sp³-hybridized carbons (Fsp3) is 0.208. The van der Waals surface area contributed by atoms with Crippen molar-refractivity contribution < 1.29 is 19.4 Å². The summed E-state index contributed by atoms with van der Waals surface area (Å²) in [5, 5.41) is 10.7. The second-order valence-corrected chi connectivity index (χ2v) is 8.37. The van der Waals surface area contributed by atoms with Crippen molar-refractivity contribution in [1.29, 1.82) is 0 Å². The van der Waals surface area contributed by atoms with Crippen LogP contribution in [0.15, 0.2) is 64.4 Å². The first kappa shape index (κ1) is 18.9. The molecule has 0 saturated heterocycles. The average molecular weight is 420 g/mol. The van der Waals surface area contributed by atoms with Gasteiger partial charge < -0.3 is 19.5 Å². The van der Waals surface area contributed by atoms with Crippen LogP contribution in [-0.4, -0.2) is 29.1 Å². The Morgan fingerprint density at radius 2 is 1.93 bits per heavy atom. The smallest absolute Gasteiger partial charge is 0.222 e. The van der Waals surface area contributed by atoms with E-state index in [9.17, 15) is 9.90 Å². The number of amides is 1. The lowest BCUT2D eigenvalue weighted by atomic mass is 10.00. The Balaban J connectivity index is 1.58. The molecule has 0 bridgehead atoms. The highest BCUT2D eigenvalue weighted by Gasteiger charge is 2.25. The van der Waals surface area contributed by atoms with Crippen molar-refractivity contribution in [3.8, 4) is 34.1 Å². The number of benzene rings is 3. The van der Waals surface area contributed by atoms with Crippen LogP contribution < -0.4 is 9.47 Å². The Kier molecular flexibility index (Phi) is 4.79. The SMILES string of the molecule is CCC(=O)N1CCOc2c(O)cc(-c3cccc4c3Oc3ccccc3S4)cc2C1. The molecule has 0 saturated carbocycles. The van der Waals surface area contributed by atoms with Crippen LogP contribution >= 0.6 is 11.8 Å². The Labute approximate surface area is 179 Å². The molecule has 1 N–H and O–H groups in total. The highest BCUT2D eigenvalue weighted by atomic mass is 32.2. The Morgan fingerprint density at radius 3 is 2.80 bits per heavy atom. The molecule has 0 aromatic heterocycles. The Hall–Kier alpha value is -3.12. The fourth-order valence-electron chi connectivity index (χ4n) is 3.87. The minimum Gasteiger partial charge on any atom is -0.504 e. The third kappa shape index (κ3) is 3.27. The summed E-state index contributed by atoms with van der Waals surface area (Å²) in [6, 6.07) is 17.7. The first-order chi connectivity index (χ1) is 14.6. The molecule has 0 spiro atoms. The van der Waals surface area contributed by atoms with Gasteiger partial charge in [-0.25, -0.2) is 0 Å². The molecule has 152 valence electrons. The molecule has 3 aromatic carbocycles. The van der Waals surface area contributed by atoms with Crippen molar-refractivity contribution in [2.75, 3.05) is 13.2 Å². The molecule has 6 heteroatoms. The molecule has 1 amide bonds. The summed E-state index contributed by atoms with van der Waals surface area (Å²) in [6.45, 7) is 3.14. The van der Waals surface area contributed by atoms with E-state index in [0.717, 1.165) is 38.0 Å². The summed E-state index contributed by atoms with van der Waals surface area (Å²) in [5.41, 5.74) is 2.52. The maximum Gasteiger partial charge on any atom is 0.222 e. The molecule has 3 aromatic rings. The zero-order chi connectivity index (χ0) is 20.7. The quantitative estimate of drug-likeness (QED) is 0.468. The number of nitrogens with zero attached hydrogens (tertiary/aromatic N) is 1. The summed E-state index contributed by atoms with van der Waals surface area (Å²) in [5.74, 6) is 2.20. The van der Waals surface area contributed by atoms with Gasteiger partial charge in [0.25, 0.3) is 0 Å². The number of rotatable bonds is 2. The Bertz CT molecular complexity index is 1140. The molecule has 2 aliphatic rings. The highest BCUT2D eigenvalue weighted by molar-refractivity contribution is 7.99. The van der Waals surface area contributed by atoms with Gasteiger partial charge in [0.2, 0.25) is 5.91 Å². The van der Waals surface area contributed by atoms with Crippen molar-refractivity contribution in [3.05, 3.63) is 60.2 Å². The van der Waals surface area contributed by atoms with Crippen LogP contribution in [0.1, 0.15) is 18.9 Å². The van der Waals surface area contributed by atoms with Crippen molar-refractivity contribution in [2.45, 2.75) is 29.7 Å². The van der Waals surface area contributed by atoms with Crippen LogP contribution in [0.4, 0.5) is 0 Å². The van der Waals surface area contributed by atoms with Gasteiger partial charge in [-0.15, -0.1) is 0 Å². The van der Waals surface area contributed by atoms with E-state index < -0.39 is 0 Å². The number of carbonyl (C=O) groups is 1. The molecule has 2 heterocycles. The molecule has 0 unspecified atom stereocenters. The minimum absolute atomic E-state index is 0.0739. The Morgan fingerprint density at radius 1 is 1.10 bits per heavy atom. The average Bonchev–Trinajstić information content (AvgIpc) is 2.99. The fourth-order valence-corrected chi connectivity index (χ4v) is 4.85. The van der Waals surface area contributed by atoms with Gasteiger partial charge in [0.15, 0.2) is 11.5 Å². The molecule has 0 fully saturated rings. The molecule has 30 heavy (non-hydrogen) atoms. The van der Waals surface area contributed by atoms with Crippen LogP contribution in [0.3, 0.4) is 0 Å². The summed E-state index contributed by atoms with van der Waals surface area (Å²) in [4.78, 5) is 16.1. The number of hydrogen-bond acceptors (Lipinski definition) is 5. The molecule has 0 aliphatic carbocycles. The molecule has 0 atom stereocenters. The van der Waals surface area contributed by atoms with Crippen LogP contribution in [0.2, 0.25) is 0 Å². The van der Waals surface area contributed by atoms with Gasteiger partial charge in [0, 0.05) is 24.1 Å². The highest BCUT2D eigenvalue weighted by Crippen LogP contribution is 2.51. The normalized spacial score (nSPS) is 14.5. The number of aromatic hydroxyl groups is 1. The topological polar surface area (TPSA) is 59.0 Å². The van der Waals surface area contributed by atoms with E-state index in [-0.39, 0.29) is 11.7 Å². The lowest BCUT2D eigenvalue weighted by Gasteiger charge is -2.23. The third-order valence-corrected chi connectivity index (χ3v) is 6.44. The lowest BCUT2D eigenvalue weighted by molar-refractivity contribution is -0.131. The first-order valence-electron chi connectivity index (χ1n) is 9.98. The van der Waals surface area contributed by atoms with E-state index in [0.29, 0.717) is 31.9 Å². The molecule has 2 aliphatic heterocycles. The van der Waals surface area contributed by atoms with Gasteiger partial charge in [0.1, 0.15) is 18.1 Å². The predicted octanol–water partition coefficient (Wildman–Crippen LogP) is 5.45. The van der Waals surface area contributed by atoms with Crippen LogP contribution in [0.5, 0.6) is 23.0 Å². The number of hydrogen-bond donors (Lipinski definition) is 1. The molecule has 0 radical (unpaired) electrons. The zero-order valence-electron chi connectivity index (χ0n) is 16.6. The van der Waals surface area contributed by atoms with Crippen LogP contribution in [0, 0.1) is 0 Å². The van der Waals surface area contributed by atoms with Gasteiger partial charge >= 0.3 is 0 Å². The van der Waals surface area contributed by atoms with E-state index in [1.807, 2.05) is 55.5 Å². The van der Waals surface area contributed by atoms with E-state index >= 15 is 0 Å². The second-order valence-electron chi connectivity index (χ2n) is 7.28. The number of fused-ring (bicyclic) bond motifs is 3. The number of para-hydroxylation sites is 2. The third-order valence-electron chi connectivity index (χ3n) is 5.34. The van der Waals surface area contributed by atoms with E-state index in [1.165, 1.54) is 0 Å². The van der Waals surface area contributed by atoms with E-state index in [4.69, 9.17) is 9.47 Å². The summed E-state index contributed by atoms with van der Waals surface area (Å²) >= 11 is 1.67. The van der Waals surface area contributed by atoms with Crippen molar-refractivity contribution in [3.63, 3.8) is 0 Å². The predicted molar refractivity (Wildman–Crippen MR) is 115 cm³/mol. The second kappa shape index (κ2) is 7.61. The van der Waals surface area contributed by atoms with Crippen molar-refractivity contribution >= 4 is 17.7 Å². The van der Waals surface area contributed by atoms with Gasteiger partial charge in [-0.2, -0.15) is 0 Å². The maximum absolute atomic E-state index is 12.3. The van der Waals surface area contributed by atoms with Gasteiger partial charge in [-0.1, -0.05) is 43.0 Å². The molecule has 5 rings (SSSR count). The summed E-state index contributed by atoms with van der Waals surface area (Å²) < 4.78 is 12.0. The largest absolute Gasteiger partial charge is 0.504 e. The first-order valence-corrected chi connectivity index (χ1v) is 10.8. The molecular formula is C24H21NO4S. The number of ether oxygens (including phenoxy) is 2. The van der Waals surface area contributed by atoms with Crippen molar-refractivity contribution in [1.82, 2.24) is 4.90 Å². The van der Waals surface area contributed by atoms with Gasteiger partial charge in [0.05, 0.1) is 16.3 Å². The summed E-state index contributed by atoms with van der Waals surface area (Å²) in [6.07, 6.45) is 0.442. The zero-order valence-corrected chi connectivity index (χ0v) is 17.4. The van der Waals surface area contributed by atoms with Crippen LogP contribution in [-0.2, 0) is 11.3 Å². The standard InChI is InChI=1S/C24H21NO4S/c1-2-22(27)25-10-11-28-23-16(14-25)12-15(13-18(23)26)17-6-5-9-21-24(17)29-19-7-3-4-8-20(19)30-21/h3-9,12-13,26H,2,10-11,14H2,1H3. The van der Waals surface area contributed by atoms with Gasteiger partial charge in [-0.05, 0) is 35.9 Å². The molecular weight excluding hydrogens is 398 g/mol. The maximum atomic E-state index is 12.3. The lowest BCUT2D eigenvalue weighted by Crippen LogP contribution is -2.31. The van der Waals surface area contributed by atoms with Crippen molar-refractivity contribution in [2.24, 2.45) is 0 Å². The number of phenols is 1. The van der Waals surface area contributed by atoms with Gasteiger partial charge in [-0.3, -0.25) is 4.79 Å². The van der Waals surface area contributed by atoms with Crippen LogP contribution in [0.25, 0.3) is 11.1 Å². The van der Waals surface area contributed by atoms with E-state index in [1.54, 1.807) is 22.7 Å². The summed E-state index contributed by atoms with van der Waals surface area (Å²) in [7, 11) is 0. The minimum atomic E-state index is 0.0739. The number of phenolic OH excluding ortho intramolecular Hbond substituents is 1.